The van der Waals surface area contributed by atoms with Crippen LogP contribution in [0.5, 0.6) is 0 Å². The van der Waals surface area contributed by atoms with Crippen molar-refractivity contribution in [3.05, 3.63) is 101 Å². The maximum absolute atomic E-state index is 13.4. The van der Waals surface area contributed by atoms with Gasteiger partial charge < -0.3 is 10.6 Å². The zero-order chi connectivity index (χ0) is 21.8. The summed E-state index contributed by atoms with van der Waals surface area (Å²) in [5, 5.41) is 14.4. The lowest BCUT2D eigenvalue weighted by Gasteiger charge is -2.09. The Hall–Kier alpha value is -4.06. The van der Waals surface area contributed by atoms with Crippen LogP contribution >= 0.6 is 0 Å². The molecule has 0 fully saturated rings. The lowest BCUT2D eigenvalue weighted by molar-refractivity contribution is 0.102. The van der Waals surface area contributed by atoms with E-state index in [-0.39, 0.29) is 11.7 Å². The fourth-order valence-corrected chi connectivity index (χ4v) is 3.30. The molecule has 6 heteroatoms. The summed E-state index contributed by atoms with van der Waals surface area (Å²) < 4.78 is 13.4. The number of anilines is 3. The Morgan fingerprint density at radius 1 is 0.806 bits per heavy atom. The molecule has 2 N–H and O–H groups in total. The first kappa shape index (κ1) is 20.2. The number of amides is 1. The van der Waals surface area contributed by atoms with Gasteiger partial charge in [0.25, 0.3) is 5.91 Å². The Morgan fingerprint density at radius 3 is 2.19 bits per heavy atom. The average Bonchev–Trinajstić information content (AvgIpc) is 2.74. The Morgan fingerprint density at radius 2 is 1.55 bits per heavy atom. The van der Waals surface area contributed by atoms with Gasteiger partial charge in [-0.1, -0.05) is 18.2 Å². The van der Waals surface area contributed by atoms with E-state index in [1.165, 1.54) is 12.1 Å². The summed E-state index contributed by atoms with van der Waals surface area (Å²) in [6.45, 7) is 3.99. The van der Waals surface area contributed by atoms with Crippen LogP contribution in [0.2, 0.25) is 0 Å². The molecule has 3 aromatic carbocycles. The molecule has 0 aliphatic carbocycles. The predicted octanol–water partition coefficient (Wildman–Crippen LogP) is 5.90. The van der Waals surface area contributed by atoms with Crippen molar-refractivity contribution >= 4 is 23.1 Å². The number of nitrogens with one attached hydrogen (secondary N) is 2. The first-order valence-electron chi connectivity index (χ1n) is 9.83. The van der Waals surface area contributed by atoms with Gasteiger partial charge in [0.15, 0.2) is 5.82 Å². The van der Waals surface area contributed by atoms with Crippen molar-refractivity contribution in [3.63, 3.8) is 0 Å². The molecule has 0 saturated heterocycles. The first-order valence-corrected chi connectivity index (χ1v) is 9.83. The second-order valence-corrected chi connectivity index (χ2v) is 7.35. The zero-order valence-electron chi connectivity index (χ0n) is 17.2. The molecule has 0 saturated carbocycles. The molecular formula is C25H21FN4O. The lowest BCUT2D eigenvalue weighted by atomic mass is 10.1. The van der Waals surface area contributed by atoms with Crippen molar-refractivity contribution in [3.8, 4) is 11.3 Å². The van der Waals surface area contributed by atoms with Crippen molar-refractivity contribution < 1.29 is 9.18 Å². The van der Waals surface area contributed by atoms with Crippen LogP contribution in [-0.4, -0.2) is 16.1 Å². The van der Waals surface area contributed by atoms with E-state index in [1.807, 2.05) is 26.0 Å². The van der Waals surface area contributed by atoms with E-state index in [9.17, 15) is 9.18 Å². The van der Waals surface area contributed by atoms with E-state index in [0.717, 1.165) is 22.5 Å². The molecule has 0 unspecified atom stereocenters. The van der Waals surface area contributed by atoms with Crippen molar-refractivity contribution in [2.45, 2.75) is 13.8 Å². The Balaban J connectivity index is 1.41. The van der Waals surface area contributed by atoms with Gasteiger partial charge in [0.1, 0.15) is 5.82 Å². The minimum absolute atomic E-state index is 0.171. The third-order valence-corrected chi connectivity index (χ3v) is 4.68. The monoisotopic (exact) mass is 412 g/mol. The summed E-state index contributed by atoms with van der Waals surface area (Å²) in [6.07, 6.45) is 0. The number of carbonyl (C=O) groups is 1. The van der Waals surface area contributed by atoms with Gasteiger partial charge in [0.05, 0.1) is 5.69 Å². The van der Waals surface area contributed by atoms with Crippen LogP contribution in [0.15, 0.2) is 78.9 Å². The van der Waals surface area contributed by atoms with Crippen LogP contribution in [0, 0.1) is 19.7 Å². The molecule has 31 heavy (non-hydrogen) atoms. The van der Waals surface area contributed by atoms with E-state index >= 15 is 0 Å². The molecular weight excluding hydrogens is 391 g/mol. The highest BCUT2D eigenvalue weighted by atomic mass is 19.1. The first-order chi connectivity index (χ1) is 15.0. The van der Waals surface area contributed by atoms with Gasteiger partial charge in [-0.3, -0.25) is 4.79 Å². The van der Waals surface area contributed by atoms with Gasteiger partial charge in [-0.05, 0) is 85.6 Å². The molecule has 0 radical (unpaired) electrons. The quantitative estimate of drug-likeness (QED) is 0.429. The Kier molecular flexibility index (Phi) is 5.71. The number of aromatic nitrogens is 2. The molecule has 4 aromatic rings. The van der Waals surface area contributed by atoms with Crippen molar-refractivity contribution in [1.29, 1.82) is 0 Å². The number of hydrogen-bond donors (Lipinski definition) is 2. The van der Waals surface area contributed by atoms with Crippen LogP contribution in [0.25, 0.3) is 11.3 Å². The fourth-order valence-electron chi connectivity index (χ4n) is 3.30. The van der Waals surface area contributed by atoms with Gasteiger partial charge in [-0.15, -0.1) is 10.2 Å². The summed E-state index contributed by atoms with van der Waals surface area (Å²) in [4.78, 5) is 12.5. The topological polar surface area (TPSA) is 66.9 Å². The van der Waals surface area contributed by atoms with E-state index < -0.39 is 0 Å². The van der Waals surface area contributed by atoms with E-state index in [2.05, 4.69) is 26.9 Å². The second kappa shape index (κ2) is 8.75. The average molecular weight is 412 g/mol. The van der Waals surface area contributed by atoms with Crippen molar-refractivity contribution in [2.75, 3.05) is 10.6 Å². The maximum atomic E-state index is 13.4. The highest BCUT2D eigenvalue weighted by Crippen LogP contribution is 2.21. The van der Waals surface area contributed by atoms with E-state index in [4.69, 9.17) is 0 Å². The van der Waals surface area contributed by atoms with Gasteiger partial charge in [0.2, 0.25) is 0 Å². The van der Waals surface area contributed by atoms with Gasteiger partial charge >= 0.3 is 0 Å². The minimum Gasteiger partial charge on any atom is -0.339 e. The Bertz CT molecular complexity index is 1200. The predicted molar refractivity (Wildman–Crippen MR) is 121 cm³/mol. The summed E-state index contributed by atoms with van der Waals surface area (Å²) in [5.41, 5.74) is 5.55. The molecule has 0 aliphatic rings. The van der Waals surface area contributed by atoms with Crippen LogP contribution in [0.4, 0.5) is 21.6 Å². The molecule has 0 atom stereocenters. The van der Waals surface area contributed by atoms with Crippen LogP contribution in [0.1, 0.15) is 21.5 Å². The molecule has 1 aromatic heterocycles. The van der Waals surface area contributed by atoms with Crippen LogP contribution in [-0.2, 0) is 0 Å². The van der Waals surface area contributed by atoms with Crippen molar-refractivity contribution in [1.82, 2.24) is 10.2 Å². The molecule has 1 amide bonds. The highest BCUT2D eigenvalue weighted by Gasteiger charge is 2.08. The molecule has 0 spiro atoms. The minimum atomic E-state index is -0.317. The van der Waals surface area contributed by atoms with Crippen LogP contribution < -0.4 is 10.6 Å². The number of hydrogen-bond acceptors (Lipinski definition) is 4. The molecule has 154 valence electrons. The fraction of sp³-hybridized carbons (Fsp3) is 0.0800. The standard InChI is InChI=1S/C25H21FN4O/c1-16-12-17(2)14-22(13-16)28-25(31)18-6-8-21(9-7-18)27-24-11-10-23(29-30-24)19-4-3-5-20(26)15-19/h3-15H,1-2H3,(H,27,30)(H,28,31). The number of rotatable bonds is 5. The Labute approximate surface area is 180 Å². The summed E-state index contributed by atoms with van der Waals surface area (Å²) in [6, 6.07) is 22.8. The maximum Gasteiger partial charge on any atom is 0.255 e. The van der Waals surface area contributed by atoms with Crippen molar-refractivity contribution in [2.24, 2.45) is 0 Å². The summed E-state index contributed by atoms with van der Waals surface area (Å²) in [5.74, 6) is 0.0616. The molecule has 4 rings (SSSR count). The molecule has 0 bridgehead atoms. The third-order valence-electron chi connectivity index (χ3n) is 4.68. The zero-order valence-corrected chi connectivity index (χ0v) is 17.2. The molecule has 5 nitrogen and oxygen atoms in total. The largest absolute Gasteiger partial charge is 0.339 e. The smallest absolute Gasteiger partial charge is 0.255 e. The second-order valence-electron chi connectivity index (χ2n) is 7.35. The van der Waals surface area contributed by atoms with Gasteiger partial charge in [-0.25, -0.2) is 4.39 Å². The lowest BCUT2D eigenvalue weighted by Crippen LogP contribution is -2.12. The SMILES string of the molecule is Cc1cc(C)cc(NC(=O)c2ccc(Nc3ccc(-c4cccc(F)c4)nn3)cc2)c1. The number of carbonyl (C=O) groups excluding carboxylic acids is 1. The van der Waals surface area contributed by atoms with Crippen LogP contribution in [0.3, 0.4) is 0 Å². The highest BCUT2D eigenvalue weighted by molar-refractivity contribution is 6.04. The van der Waals surface area contributed by atoms with Gasteiger partial charge in [0, 0.05) is 22.5 Å². The normalized spacial score (nSPS) is 10.5. The third kappa shape index (κ3) is 5.11. The summed E-state index contributed by atoms with van der Waals surface area (Å²) >= 11 is 0. The molecule has 0 aliphatic heterocycles. The number of halogens is 1. The summed E-state index contributed by atoms with van der Waals surface area (Å²) in [7, 11) is 0. The molecule has 1 heterocycles. The van der Waals surface area contributed by atoms with Gasteiger partial charge in [-0.2, -0.15) is 0 Å². The van der Waals surface area contributed by atoms with E-state index in [1.54, 1.807) is 48.5 Å². The number of nitrogens with zero attached hydrogens (tertiary/aromatic N) is 2. The van der Waals surface area contributed by atoms with E-state index in [0.29, 0.717) is 22.6 Å². The number of aryl methyl sites for hydroxylation is 2. The number of benzene rings is 3.